The first kappa shape index (κ1) is 12.7. The quantitative estimate of drug-likeness (QED) is 0.806. The minimum Gasteiger partial charge on any atom is -0.321 e. The van der Waals surface area contributed by atoms with Gasteiger partial charge in [-0.1, -0.05) is 26.0 Å². The predicted octanol–water partition coefficient (Wildman–Crippen LogP) is 3.11. The summed E-state index contributed by atoms with van der Waals surface area (Å²) in [6.45, 7) is 5.35. The molecule has 2 N–H and O–H groups in total. The van der Waals surface area contributed by atoms with E-state index in [-0.39, 0.29) is 10.7 Å². The zero-order chi connectivity index (χ0) is 11.7. The van der Waals surface area contributed by atoms with Crippen LogP contribution in [0.1, 0.15) is 25.6 Å². The second-order valence-electron chi connectivity index (χ2n) is 4.03. The van der Waals surface area contributed by atoms with Gasteiger partial charge in [-0.2, -0.15) is 0 Å². The van der Waals surface area contributed by atoms with E-state index < -0.39 is 7.60 Å². The molecule has 1 aromatic heterocycles. The molecule has 0 aliphatic heterocycles. The third-order valence-corrected chi connectivity index (χ3v) is 4.44. The van der Waals surface area contributed by atoms with Crippen LogP contribution < -0.4 is 0 Å². The van der Waals surface area contributed by atoms with Crippen molar-refractivity contribution in [3.05, 3.63) is 33.8 Å². The Kier molecular flexibility index (Phi) is 3.56. The Balaban J connectivity index is 3.05. The standard InChI is InChI=1S/C10H15O3PS/c1-8(14(11,12)13)7-10(2,3)9-5-4-6-15-9/h4-7H,1-3H3,(H2,11,12,13)/b8-7-. The molecule has 0 aliphatic carbocycles. The number of thiophene rings is 1. The fraction of sp³-hybridized carbons (Fsp3) is 0.400. The van der Waals surface area contributed by atoms with Crippen molar-refractivity contribution in [3.8, 4) is 0 Å². The van der Waals surface area contributed by atoms with Gasteiger partial charge in [0.2, 0.25) is 0 Å². The average Bonchev–Trinajstić information content (AvgIpc) is 2.52. The average molecular weight is 246 g/mol. The highest BCUT2D eigenvalue weighted by Crippen LogP contribution is 2.46. The van der Waals surface area contributed by atoms with E-state index in [1.165, 1.54) is 6.92 Å². The van der Waals surface area contributed by atoms with Gasteiger partial charge in [0.25, 0.3) is 0 Å². The molecule has 0 fully saturated rings. The monoisotopic (exact) mass is 246 g/mol. The van der Waals surface area contributed by atoms with Gasteiger partial charge in [-0.25, -0.2) is 0 Å². The van der Waals surface area contributed by atoms with Crippen LogP contribution in [0.25, 0.3) is 0 Å². The van der Waals surface area contributed by atoms with Crippen molar-refractivity contribution in [2.75, 3.05) is 0 Å². The largest absolute Gasteiger partial charge is 0.351 e. The molecule has 15 heavy (non-hydrogen) atoms. The van der Waals surface area contributed by atoms with E-state index in [1.54, 1.807) is 17.4 Å². The van der Waals surface area contributed by atoms with Crippen LogP contribution in [0, 0.1) is 0 Å². The molecule has 0 saturated heterocycles. The Morgan fingerprint density at radius 2 is 2.13 bits per heavy atom. The molecule has 0 unspecified atom stereocenters. The van der Waals surface area contributed by atoms with Gasteiger partial charge in [0, 0.05) is 15.6 Å². The van der Waals surface area contributed by atoms with Crippen LogP contribution in [0.4, 0.5) is 0 Å². The van der Waals surface area contributed by atoms with Crippen LogP contribution in [0.15, 0.2) is 28.9 Å². The first-order chi connectivity index (χ1) is 6.73. The second kappa shape index (κ2) is 4.22. The number of hydrogen-bond acceptors (Lipinski definition) is 2. The summed E-state index contributed by atoms with van der Waals surface area (Å²) in [4.78, 5) is 19.1. The molecule has 0 spiro atoms. The summed E-state index contributed by atoms with van der Waals surface area (Å²) >= 11 is 1.58. The Morgan fingerprint density at radius 3 is 2.53 bits per heavy atom. The van der Waals surface area contributed by atoms with Crippen LogP contribution in [0.3, 0.4) is 0 Å². The zero-order valence-electron chi connectivity index (χ0n) is 8.97. The molecule has 5 heteroatoms. The molecule has 0 aromatic carbocycles. The topological polar surface area (TPSA) is 57.5 Å². The Labute approximate surface area is 93.6 Å². The van der Waals surface area contributed by atoms with Gasteiger partial charge in [-0.05, 0) is 18.4 Å². The first-order valence-electron chi connectivity index (χ1n) is 4.53. The highest BCUT2D eigenvalue weighted by molar-refractivity contribution is 7.56. The van der Waals surface area contributed by atoms with Crippen LogP contribution >= 0.6 is 18.9 Å². The van der Waals surface area contributed by atoms with E-state index in [2.05, 4.69) is 0 Å². The molecular formula is C10H15O3PS. The second-order valence-corrected chi connectivity index (χ2v) is 6.77. The molecule has 0 radical (unpaired) electrons. The third kappa shape index (κ3) is 3.28. The molecule has 0 atom stereocenters. The Hall–Kier alpha value is -0.410. The minimum absolute atomic E-state index is 0.126. The van der Waals surface area contributed by atoms with Gasteiger partial charge in [-0.3, -0.25) is 4.57 Å². The summed E-state index contributed by atoms with van der Waals surface area (Å²) in [5.41, 5.74) is -0.334. The molecule has 84 valence electrons. The third-order valence-electron chi connectivity index (χ3n) is 2.19. The summed E-state index contributed by atoms with van der Waals surface area (Å²) < 4.78 is 11.0. The van der Waals surface area contributed by atoms with E-state index in [0.717, 1.165) is 4.88 Å². The van der Waals surface area contributed by atoms with Gasteiger partial charge in [0.15, 0.2) is 0 Å². The van der Waals surface area contributed by atoms with Crippen LogP contribution in [0.2, 0.25) is 0 Å². The lowest BCUT2D eigenvalue weighted by Gasteiger charge is -2.20. The van der Waals surface area contributed by atoms with E-state index in [9.17, 15) is 4.57 Å². The zero-order valence-corrected chi connectivity index (χ0v) is 10.7. The summed E-state index contributed by atoms with van der Waals surface area (Å²) in [6.07, 6.45) is 1.64. The van der Waals surface area contributed by atoms with Crippen molar-refractivity contribution in [1.82, 2.24) is 0 Å². The van der Waals surface area contributed by atoms with E-state index in [0.29, 0.717) is 0 Å². The van der Waals surface area contributed by atoms with Gasteiger partial charge in [0.1, 0.15) is 0 Å². The summed E-state index contributed by atoms with van der Waals surface area (Å²) in [7, 11) is -4.09. The molecule has 3 nitrogen and oxygen atoms in total. The SMILES string of the molecule is C/C(=C/C(C)(C)c1cccs1)P(=O)(O)O. The maximum absolute atomic E-state index is 11.0. The maximum Gasteiger partial charge on any atom is 0.351 e. The first-order valence-corrected chi connectivity index (χ1v) is 7.02. The van der Waals surface area contributed by atoms with E-state index >= 15 is 0 Å². The Morgan fingerprint density at radius 1 is 1.53 bits per heavy atom. The lowest BCUT2D eigenvalue weighted by Crippen LogP contribution is -2.12. The van der Waals surface area contributed by atoms with Crippen molar-refractivity contribution in [2.45, 2.75) is 26.2 Å². The molecule has 0 bridgehead atoms. The summed E-state index contributed by atoms with van der Waals surface area (Å²) in [6, 6.07) is 3.90. The molecule has 0 saturated carbocycles. The van der Waals surface area contributed by atoms with E-state index in [4.69, 9.17) is 9.79 Å². The molecule has 1 rings (SSSR count). The van der Waals surface area contributed by atoms with Crippen LogP contribution in [0.5, 0.6) is 0 Å². The predicted molar refractivity (Wildman–Crippen MR) is 63.1 cm³/mol. The van der Waals surface area contributed by atoms with Crippen molar-refractivity contribution >= 4 is 18.9 Å². The fourth-order valence-corrected chi connectivity index (χ4v) is 2.64. The van der Waals surface area contributed by atoms with Crippen molar-refractivity contribution in [3.63, 3.8) is 0 Å². The lowest BCUT2D eigenvalue weighted by molar-refractivity contribution is 0.381. The molecule has 1 heterocycles. The van der Waals surface area contributed by atoms with Crippen molar-refractivity contribution in [2.24, 2.45) is 0 Å². The molecular weight excluding hydrogens is 231 g/mol. The molecule has 0 aliphatic rings. The fourth-order valence-electron chi connectivity index (χ4n) is 1.32. The summed E-state index contributed by atoms with van der Waals surface area (Å²) in [5.74, 6) is 0. The van der Waals surface area contributed by atoms with Crippen LogP contribution in [-0.2, 0) is 9.98 Å². The van der Waals surface area contributed by atoms with Gasteiger partial charge >= 0.3 is 7.60 Å². The number of hydrogen-bond donors (Lipinski definition) is 2. The van der Waals surface area contributed by atoms with Gasteiger partial charge in [-0.15, -0.1) is 11.3 Å². The van der Waals surface area contributed by atoms with Gasteiger partial charge < -0.3 is 9.79 Å². The molecule has 1 aromatic rings. The van der Waals surface area contributed by atoms with Crippen molar-refractivity contribution < 1.29 is 14.4 Å². The summed E-state index contributed by atoms with van der Waals surface area (Å²) in [5, 5.41) is 2.08. The molecule has 0 amide bonds. The lowest BCUT2D eigenvalue weighted by atomic mass is 9.91. The highest BCUT2D eigenvalue weighted by atomic mass is 32.1. The van der Waals surface area contributed by atoms with Gasteiger partial charge in [0.05, 0.1) is 0 Å². The minimum atomic E-state index is -4.09. The Bertz CT molecular complexity index is 400. The normalized spacial score (nSPS) is 14.3. The van der Waals surface area contributed by atoms with Crippen LogP contribution in [-0.4, -0.2) is 9.79 Å². The maximum atomic E-state index is 11.0. The van der Waals surface area contributed by atoms with Crippen molar-refractivity contribution in [1.29, 1.82) is 0 Å². The highest BCUT2D eigenvalue weighted by Gasteiger charge is 2.24. The number of rotatable bonds is 3. The number of allylic oxidation sites excluding steroid dienone is 2. The smallest absolute Gasteiger partial charge is 0.321 e. The van der Waals surface area contributed by atoms with E-state index in [1.807, 2.05) is 31.4 Å².